The molecule has 6 nitrogen and oxygen atoms in total. The lowest BCUT2D eigenvalue weighted by molar-refractivity contribution is -0.132. The zero-order chi connectivity index (χ0) is 31.1. The molecule has 0 radical (unpaired) electrons. The van der Waals surface area contributed by atoms with Gasteiger partial charge >= 0.3 is 0 Å². The average Bonchev–Trinajstić information content (AvgIpc) is 2.99. The first-order chi connectivity index (χ1) is 20.5. The van der Waals surface area contributed by atoms with E-state index in [1.165, 1.54) is 116 Å². The van der Waals surface area contributed by atoms with E-state index < -0.39 is 36.9 Å². The molecule has 1 amide bonds. The van der Waals surface area contributed by atoms with Crippen LogP contribution in [-0.2, 0) is 4.79 Å². The monoisotopic (exact) mass is 598 g/mol. The molecule has 0 fully saturated rings. The van der Waals surface area contributed by atoms with Crippen molar-refractivity contribution in [3.8, 4) is 0 Å². The normalized spacial score (nSPS) is 14.7. The molecule has 0 aromatic heterocycles. The number of hydrogen-bond donors (Lipinski definition) is 5. The number of carbonyl (C=O) groups is 1. The van der Waals surface area contributed by atoms with Crippen LogP contribution in [0.25, 0.3) is 0 Å². The Labute approximate surface area is 260 Å². The van der Waals surface area contributed by atoms with Crippen LogP contribution < -0.4 is 5.32 Å². The molecule has 0 heterocycles. The summed E-state index contributed by atoms with van der Waals surface area (Å²) in [6, 6.07) is -0.994. The molecular formula is C36H71NO5. The van der Waals surface area contributed by atoms with Gasteiger partial charge in [-0.1, -0.05) is 154 Å². The number of nitrogens with one attached hydrogen (secondary N) is 1. The summed E-state index contributed by atoms with van der Waals surface area (Å²) in [5.74, 6) is -0.594. The van der Waals surface area contributed by atoms with Crippen LogP contribution in [0.4, 0.5) is 0 Å². The molecule has 42 heavy (non-hydrogen) atoms. The number of aliphatic hydroxyl groups is 4. The first-order valence-electron chi connectivity index (χ1n) is 18.1. The highest BCUT2D eigenvalue weighted by Gasteiger charge is 2.28. The van der Waals surface area contributed by atoms with Crippen molar-refractivity contribution in [1.82, 2.24) is 5.32 Å². The Kier molecular flexibility index (Phi) is 30.8. The van der Waals surface area contributed by atoms with Gasteiger partial charge in [0.1, 0.15) is 12.2 Å². The molecule has 0 aromatic rings. The number of unbranched alkanes of at least 4 members (excludes halogenated alkanes) is 21. The molecule has 250 valence electrons. The van der Waals surface area contributed by atoms with Gasteiger partial charge in [-0.2, -0.15) is 0 Å². The Morgan fingerprint density at radius 2 is 0.976 bits per heavy atom. The van der Waals surface area contributed by atoms with Crippen molar-refractivity contribution >= 4 is 5.91 Å². The van der Waals surface area contributed by atoms with Crippen LogP contribution in [0, 0.1) is 0 Å². The zero-order valence-corrected chi connectivity index (χ0v) is 27.8. The fourth-order valence-electron chi connectivity index (χ4n) is 5.52. The number of hydrogen-bond acceptors (Lipinski definition) is 5. The maximum Gasteiger partial charge on any atom is 0.249 e. The third kappa shape index (κ3) is 25.5. The maximum atomic E-state index is 12.4. The number of allylic oxidation sites excluding steroid dienone is 2. The molecule has 0 saturated heterocycles. The van der Waals surface area contributed by atoms with Crippen LogP contribution in [0.3, 0.4) is 0 Å². The minimum atomic E-state index is -1.27. The summed E-state index contributed by atoms with van der Waals surface area (Å²) in [5.41, 5.74) is 0. The number of carbonyl (C=O) groups excluding carboxylic acids is 1. The summed E-state index contributed by atoms with van der Waals surface area (Å²) in [6.45, 7) is 4.00. The molecule has 5 N–H and O–H groups in total. The van der Waals surface area contributed by atoms with Gasteiger partial charge in [-0.25, -0.2) is 0 Å². The Morgan fingerprint density at radius 1 is 0.571 bits per heavy atom. The lowest BCUT2D eigenvalue weighted by Crippen LogP contribution is -2.53. The molecule has 4 unspecified atom stereocenters. The highest BCUT2D eigenvalue weighted by atomic mass is 16.3. The van der Waals surface area contributed by atoms with E-state index in [9.17, 15) is 25.2 Å². The van der Waals surface area contributed by atoms with Crippen LogP contribution >= 0.6 is 0 Å². The number of rotatable bonds is 32. The van der Waals surface area contributed by atoms with E-state index in [4.69, 9.17) is 0 Å². The molecule has 4 atom stereocenters. The average molecular weight is 598 g/mol. The standard InChI is InChI=1S/C36H71NO5/c1-3-5-7-9-11-13-15-16-17-18-20-22-24-26-28-30-34(40)36(42)37-32(31-38)35(41)33(39)29-27-25-23-21-19-14-12-10-8-6-4-2/h21,23,32-35,38-41H,3-20,22,24-31H2,1-2H3,(H,37,42)/b23-21+. The minimum Gasteiger partial charge on any atom is -0.394 e. The van der Waals surface area contributed by atoms with E-state index in [1.807, 2.05) is 0 Å². The van der Waals surface area contributed by atoms with Gasteiger partial charge in [-0.15, -0.1) is 0 Å². The van der Waals surface area contributed by atoms with Crippen LogP contribution in [0.2, 0.25) is 0 Å². The minimum absolute atomic E-state index is 0.367. The summed E-state index contributed by atoms with van der Waals surface area (Å²) >= 11 is 0. The number of amides is 1. The SMILES string of the molecule is CCCCCCCC/C=C/CCCC(O)C(O)C(CO)NC(=O)C(O)CCCCCCCCCCCCCCCCC. The zero-order valence-electron chi connectivity index (χ0n) is 27.8. The lowest BCUT2D eigenvalue weighted by Gasteiger charge is -2.27. The topological polar surface area (TPSA) is 110 Å². The second-order valence-corrected chi connectivity index (χ2v) is 12.6. The lowest BCUT2D eigenvalue weighted by atomic mass is 10.00. The highest BCUT2D eigenvalue weighted by molar-refractivity contribution is 5.80. The van der Waals surface area contributed by atoms with Crippen molar-refractivity contribution < 1.29 is 25.2 Å². The first-order valence-corrected chi connectivity index (χ1v) is 18.1. The Balaban J connectivity index is 3.84. The molecule has 6 heteroatoms. The summed E-state index contributed by atoms with van der Waals surface area (Å²) in [6.07, 6.45) is 30.9. The van der Waals surface area contributed by atoms with Gasteiger partial charge in [0.25, 0.3) is 0 Å². The van der Waals surface area contributed by atoms with Crippen molar-refractivity contribution in [1.29, 1.82) is 0 Å². The summed E-state index contributed by atoms with van der Waals surface area (Å²) in [7, 11) is 0. The van der Waals surface area contributed by atoms with Crippen LogP contribution in [0.15, 0.2) is 12.2 Å². The predicted molar refractivity (Wildman–Crippen MR) is 178 cm³/mol. The first kappa shape index (κ1) is 41.0. The molecular weight excluding hydrogens is 526 g/mol. The smallest absolute Gasteiger partial charge is 0.249 e. The van der Waals surface area contributed by atoms with Crippen molar-refractivity contribution in [3.63, 3.8) is 0 Å². The molecule has 0 rings (SSSR count). The Morgan fingerprint density at radius 3 is 1.43 bits per heavy atom. The van der Waals surface area contributed by atoms with Gasteiger partial charge in [-0.05, 0) is 38.5 Å². The van der Waals surface area contributed by atoms with Gasteiger partial charge in [0.05, 0.1) is 18.8 Å². The molecule has 0 bridgehead atoms. The van der Waals surface area contributed by atoms with E-state index in [1.54, 1.807) is 0 Å². The summed E-state index contributed by atoms with van der Waals surface area (Å²) in [5, 5.41) is 43.3. The van der Waals surface area contributed by atoms with Gasteiger partial charge in [0.15, 0.2) is 0 Å². The van der Waals surface area contributed by atoms with E-state index in [2.05, 4.69) is 31.3 Å². The molecule has 0 aliphatic carbocycles. The van der Waals surface area contributed by atoms with E-state index in [0.29, 0.717) is 12.8 Å². The summed E-state index contributed by atoms with van der Waals surface area (Å²) < 4.78 is 0. The van der Waals surface area contributed by atoms with Crippen molar-refractivity contribution in [2.45, 2.75) is 205 Å². The second-order valence-electron chi connectivity index (χ2n) is 12.6. The molecule has 0 aliphatic rings. The quantitative estimate of drug-likeness (QED) is 0.0396. The molecule has 0 spiro atoms. The second kappa shape index (κ2) is 31.5. The fraction of sp³-hybridized carbons (Fsp3) is 0.917. The van der Waals surface area contributed by atoms with Gasteiger partial charge in [0.2, 0.25) is 5.91 Å². The van der Waals surface area contributed by atoms with Crippen molar-refractivity contribution in [2.75, 3.05) is 6.61 Å². The number of aliphatic hydroxyl groups excluding tert-OH is 4. The van der Waals surface area contributed by atoms with Crippen LogP contribution in [0.5, 0.6) is 0 Å². The van der Waals surface area contributed by atoms with Gasteiger partial charge < -0.3 is 25.7 Å². The molecule has 0 aliphatic heterocycles. The predicted octanol–water partition coefficient (Wildman–Crippen LogP) is 8.28. The third-order valence-corrected chi connectivity index (χ3v) is 8.48. The van der Waals surface area contributed by atoms with E-state index in [-0.39, 0.29) is 0 Å². The van der Waals surface area contributed by atoms with E-state index in [0.717, 1.165) is 38.5 Å². The van der Waals surface area contributed by atoms with Crippen molar-refractivity contribution in [2.24, 2.45) is 0 Å². The maximum absolute atomic E-state index is 12.4. The van der Waals surface area contributed by atoms with Crippen LogP contribution in [0.1, 0.15) is 181 Å². The fourth-order valence-corrected chi connectivity index (χ4v) is 5.52. The van der Waals surface area contributed by atoms with Crippen molar-refractivity contribution in [3.05, 3.63) is 12.2 Å². The molecule has 0 aromatic carbocycles. The highest BCUT2D eigenvalue weighted by Crippen LogP contribution is 2.15. The Bertz CT molecular complexity index is 599. The van der Waals surface area contributed by atoms with Gasteiger partial charge in [0, 0.05) is 0 Å². The molecule has 0 saturated carbocycles. The van der Waals surface area contributed by atoms with E-state index >= 15 is 0 Å². The summed E-state index contributed by atoms with van der Waals surface area (Å²) in [4.78, 5) is 12.4. The Hall–Kier alpha value is -0.950. The third-order valence-electron chi connectivity index (χ3n) is 8.48. The van der Waals surface area contributed by atoms with Gasteiger partial charge in [-0.3, -0.25) is 4.79 Å². The largest absolute Gasteiger partial charge is 0.394 e. The van der Waals surface area contributed by atoms with Crippen LogP contribution in [-0.4, -0.2) is 57.3 Å².